The van der Waals surface area contributed by atoms with E-state index in [1.165, 1.54) is 0 Å². The Labute approximate surface area is 187 Å². The summed E-state index contributed by atoms with van der Waals surface area (Å²) in [6, 6.07) is 10.1. The molecule has 1 aromatic carbocycles. The fourth-order valence-electron chi connectivity index (χ4n) is 5.15. The van der Waals surface area contributed by atoms with Crippen molar-refractivity contribution in [1.82, 2.24) is 24.7 Å². The maximum atomic E-state index is 13.0. The van der Waals surface area contributed by atoms with Crippen LogP contribution in [0.1, 0.15) is 68.2 Å². The summed E-state index contributed by atoms with van der Waals surface area (Å²) in [6.45, 7) is 5.93. The summed E-state index contributed by atoms with van der Waals surface area (Å²) in [5.74, 6) is 1.04. The molecule has 6 nitrogen and oxygen atoms in total. The standard InChI is InChI=1S/C24H28ClN5O/c1-16(2)18-12-17(4-5-20(18)25)13-23(31)29-10-3-8-24(9-11-29)14-19(24)21-6-7-22-27-26-15-30(22)28-21/h4-7,12,15-16,19H,3,8-11,13-14H2,1-2H3. The van der Waals surface area contributed by atoms with E-state index in [9.17, 15) is 4.79 Å². The number of amides is 1. The largest absolute Gasteiger partial charge is 0.342 e. The van der Waals surface area contributed by atoms with Crippen LogP contribution in [0.25, 0.3) is 5.65 Å². The van der Waals surface area contributed by atoms with Crippen LogP contribution >= 0.6 is 11.6 Å². The number of hydrogen-bond donors (Lipinski definition) is 0. The van der Waals surface area contributed by atoms with Gasteiger partial charge >= 0.3 is 0 Å². The summed E-state index contributed by atoms with van der Waals surface area (Å²) in [7, 11) is 0. The molecule has 5 rings (SSSR count). The normalized spacial score (nSPS) is 23.5. The van der Waals surface area contributed by atoms with Crippen molar-refractivity contribution in [2.75, 3.05) is 13.1 Å². The number of rotatable bonds is 4. The Balaban J connectivity index is 1.24. The van der Waals surface area contributed by atoms with Crippen molar-refractivity contribution in [3.63, 3.8) is 0 Å². The maximum Gasteiger partial charge on any atom is 0.226 e. The monoisotopic (exact) mass is 437 g/mol. The van der Waals surface area contributed by atoms with Crippen LogP contribution in [0.2, 0.25) is 5.02 Å². The summed E-state index contributed by atoms with van der Waals surface area (Å²) >= 11 is 6.32. The molecule has 0 bridgehead atoms. The highest BCUT2D eigenvalue weighted by molar-refractivity contribution is 6.31. The fourth-order valence-corrected chi connectivity index (χ4v) is 5.48. The zero-order chi connectivity index (χ0) is 21.6. The first-order chi connectivity index (χ1) is 14.9. The maximum absolute atomic E-state index is 13.0. The van der Waals surface area contributed by atoms with Crippen LogP contribution in [-0.2, 0) is 11.2 Å². The average molecular weight is 438 g/mol. The lowest BCUT2D eigenvalue weighted by Crippen LogP contribution is -2.33. The van der Waals surface area contributed by atoms with E-state index in [-0.39, 0.29) is 11.3 Å². The first-order valence-corrected chi connectivity index (χ1v) is 11.6. The number of aromatic nitrogens is 4. The molecule has 2 aliphatic rings. The van der Waals surface area contributed by atoms with Gasteiger partial charge < -0.3 is 4.90 Å². The van der Waals surface area contributed by atoms with Gasteiger partial charge in [0, 0.05) is 24.0 Å². The van der Waals surface area contributed by atoms with Gasteiger partial charge in [-0.15, -0.1) is 10.2 Å². The van der Waals surface area contributed by atoms with E-state index in [4.69, 9.17) is 16.7 Å². The van der Waals surface area contributed by atoms with Gasteiger partial charge in [-0.3, -0.25) is 4.79 Å². The van der Waals surface area contributed by atoms with Crippen LogP contribution in [-0.4, -0.2) is 43.7 Å². The van der Waals surface area contributed by atoms with Gasteiger partial charge in [0.25, 0.3) is 0 Å². The molecule has 1 saturated carbocycles. The van der Waals surface area contributed by atoms with Crippen LogP contribution in [0.3, 0.4) is 0 Å². The highest BCUT2D eigenvalue weighted by Gasteiger charge is 2.55. The van der Waals surface area contributed by atoms with Gasteiger partial charge in [0.1, 0.15) is 6.33 Å². The second kappa shape index (κ2) is 7.90. The summed E-state index contributed by atoms with van der Waals surface area (Å²) < 4.78 is 1.76. The predicted octanol–water partition coefficient (Wildman–Crippen LogP) is 4.63. The summed E-state index contributed by atoms with van der Waals surface area (Å²) in [6.07, 6.45) is 6.51. The van der Waals surface area contributed by atoms with Crippen molar-refractivity contribution in [2.24, 2.45) is 5.41 Å². The topological polar surface area (TPSA) is 63.4 Å². The third kappa shape index (κ3) is 3.93. The second-order valence-electron chi connectivity index (χ2n) is 9.43. The Morgan fingerprint density at radius 3 is 2.94 bits per heavy atom. The third-order valence-corrected chi connectivity index (χ3v) is 7.45. The molecule has 2 unspecified atom stereocenters. The Kier molecular flexibility index (Phi) is 5.21. The number of carbonyl (C=O) groups excluding carboxylic acids is 1. The highest BCUT2D eigenvalue weighted by atomic mass is 35.5. The van der Waals surface area contributed by atoms with E-state index in [1.807, 2.05) is 18.2 Å². The molecule has 1 aliphatic carbocycles. The first-order valence-electron chi connectivity index (χ1n) is 11.2. The predicted molar refractivity (Wildman–Crippen MR) is 120 cm³/mol. The van der Waals surface area contributed by atoms with Crippen LogP contribution in [0.15, 0.2) is 36.7 Å². The molecule has 7 heteroatoms. The van der Waals surface area contributed by atoms with Gasteiger partial charge in [-0.2, -0.15) is 5.10 Å². The van der Waals surface area contributed by atoms with Gasteiger partial charge in [-0.1, -0.05) is 37.6 Å². The van der Waals surface area contributed by atoms with Crippen LogP contribution in [0, 0.1) is 5.41 Å². The summed E-state index contributed by atoms with van der Waals surface area (Å²) in [5, 5.41) is 13.5. The summed E-state index contributed by atoms with van der Waals surface area (Å²) in [5.41, 5.74) is 4.34. The Morgan fingerprint density at radius 2 is 2.10 bits per heavy atom. The molecule has 1 aliphatic heterocycles. The van der Waals surface area contributed by atoms with E-state index < -0.39 is 0 Å². The molecule has 2 fully saturated rings. The molecule has 1 spiro atoms. The second-order valence-corrected chi connectivity index (χ2v) is 9.84. The summed E-state index contributed by atoms with van der Waals surface area (Å²) in [4.78, 5) is 15.1. The van der Waals surface area contributed by atoms with E-state index in [0.29, 0.717) is 18.3 Å². The number of carbonyl (C=O) groups is 1. The third-order valence-electron chi connectivity index (χ3n) is 7.10. The van der Waals surface area contributed by atoms with Crippen LogP contribution in [0.4, 0.5) is 0 Å². The first kappa shape index (κ1) is 20.4. The molecular formula is C24H28ClN5O. The molecule has 162 valence electrons. The van der Waals surface area contributed by atoms with E-state index in [1.54, 1.807) is 10.8 Å². The smallest absolute Gasteiger partial charge is 0.226 e. The van der Waals surface area contributed by atoms with Crippen molar-refractivity contribution >= 4 is 23.2 Å². The zero-order valence-electron chi connectivity index (χ0n) is 18.1. The molecular weight excluding hydrogens is 410 g/mol. The molecule has 2 aromatic heterocycles. The SMILES string of the molecule is CC(C)c1cc(CC(=O)N2CCCC3(CC2)CC3c2ccc3nncn3n2)ccc1Cl. The lowest BCUT2D eigenvalue weighted by atomic mass is 9.93. The molecule has 31 heavy (non-hydrogen) atoms. The van der Waals surface area contributed by atoms with Crippen LogP contribution in [0.5, 0.6) is 0 Å². The minimum atomic E-state index is 0.218. The van der Waals surface area contributed by atoms with Crippen LogP contribution < -0.4 is 0 Å². The minimum absolute atomic E-state index is 0.218. The highest BCUT2D eigenvalue weighted by Crippen LogP contribution is 2.64. The molecule has 0 N–H and O–H groups in total. The Bertz CT molecular complexity index is 1130. The number of hydrogen-bond acceptors (Lipinski definition) is 4. The van der Waals surface area contributed by atoms with Crippen molar-refractivity contribution in [1.29, 1.82) is 0 Å². The van der Waals surface area contributed by atoms with Crippen molar-refractivity contribution in [2.45, 2.75) is 57.8 Å². The number of benzene rings is 1. The fraction of sp³-hybridized carbons (Fsp3) is 0.500. The van der Waals surface area contributed by atoms with Gasteiger partial charge in [-0.05, 0) is 66.3 Å². The Morgan fingerprint density at radius 1 is 1.23 bits per heavy atom. The Hall–Kier alpha value is -2.47. The van der Waals surface area contributed by atoms with E-state index >= 15 is 0 Å². The van der Waals surface area contributed by atoms with Gasteiger partial charge in [0.15, 0.2) is 5.65 Å². The average Bonchev–Trinajstić information content (AvgIpc) is 3.35. The lowest BCUT2D eigenvalue weighted by Gasteiger charge is -2.21. The lowest BCUT2D eigenvalue weighted by molar-refractivity contribution is -0.130. The number of likely N-dealkylation sites (tertiary alicyclic amines) is 1. The number of fused-ring (bicyclic) bond motifs is 1. The zero-order valence-corrected chi connectivity index (χ0v) is 18.8. The quantitative estimate of drug-likeness (QED) is 0.597. The van der Waals surface area contributed by atoms with Crippen molar-refractivity contribution < 1.29 is 4.79 Å². The number of halogens is 1. The molecule has 3 heterocycles. The molecule has 0 radical (unpaired) electrons. The van der Waals surface area contributed by atoms with E-state index in [0.717, 1.165) is 66.3 Å². The molecule has 1 saturated heterocycles. The molecule has 1 amide bonds. The van der Waals surface area contributed by atoms with Crippen molar-refractivity contribution in [3.05, 3.63) is 58.5 Å². The van der Waals surface area contributed by atoms with Crippen molar-refractivity contribution in [3.8, 4) is 0 Å². The van der Waals surface area contributed by atoms with Gasteiger partial charge in [0.05, 0.1) is 12.1 Å². The van der Waals surface area contributed by atoms with E-state index in [2.05, 4.69) is 41.1 Å². The molecule has 3 aromatic rings. The number of nitrogens with zero attached hydrogens (tertiary/aromatic N) is 5. The van der Waals surface area contributed by atoms with Gasteiger partial charge in [0.2, 0.25) is 5.91 Å². The van der Waals surface area contributed by atoms with Gasteiger partial charge in [-0.25, -0.2) is 4.52 Å². The minimum Gasteiger partial charge on any atom is -0.342 e. The molecule has 2 atom stereocenters.